The molecule has 0 spiro atoms. The molecule has 2 aromatic rings. The summed E-state index contributed by atoms with van der Waals surface area (Å²) in [5, 5.41) is 12.4. The van der Waals surface area contributed by atoms with Gasteiger partial charge in [-0.2, -0.15) is 0 Å². The Morgan fingerprint density at radius 2 is 2.00 bits per heavy atom. The average Bonchev–Trinajstić information content (AvgIpc) is 2.30. The normalized spacial score (nSPS) is 10.2. The fraction of sp³-hybridized carbons (Fsp3) is 0.231. The van der Waals surface area contributed by atoms with Gasteiger partial charge in [-0.25, -0.2) is 0 Å². The molecule has 0 radical (unpaired) electrons. The summed E-state index contributed by atoms with van der Waals surface area (Å²) in [6.45, 7) is 4.56. The Morgan fingerprint density at radius 1 is 1.18 bits per heavy atom. The van der Waals surface area contributed by atoms with Gasteiger partial charge in [-0.1, -0.05) is 0 Å². The summed E-state index contributed by atoms with van der Waals surface area (Å²) in [6.07, 6.45) is 1.44. The van der Waals surface area contributed by atoms with E-state index in [0.717, 1.165) is 22.8 Å². The molecular weight excluding hydrogens is 214 g/mol. The van der Waals surface area contributed by atoms with Crippen LogP contribution in [-0.2, 0) is 6.54 Å². The van der Waals surface area contributed by atoms with E-state index in [4.69, 9.17) is 5.11 Å². The number of nitrogens with zero attached hydrogens (tertiary/aromatic N) is 2. The number of hydrogen-bond acceptors (Lipinski definition) is 4. The van der Waals surface area contributed by atoms with Crippen molar-refractivity contribution in [3.05, 3.63) is 47.5 Å². The lowest BCUT2D eigenvalue weighted by atomic mass is 10.2. The topological polar surface area (TPSA) is 58.0 Å². The van der Waals surface area contributed by atoms with Crippen molar-refractivity contribution >= 4 is 5.69 Å². The van der Waals surface area contributed by atoms with Crippen molar-refractivity contribution in [3.63, 3.8) is 0 Å². The van der Waals surface area contributed by atoms with Crippen LogP contribution in [0.15, 0.2) is 30.5 Å². The molecule has 17 heavy (non-hydrogen) atoms. The minimum absolute atomic E-state index is 0.182. The zero-order valence-electron chi connectivity index (χ0n) is 9.94. The quantitative estimate of drug-likeness (QED) is 0.848. The van der Waals surface area contributed by atoms with Crippen LogP contribution in [0.2, 0.25) is 0 Å². The van der Waals surface area contributed by atoms with Crippen LogP contribution >= 0.6 is 0 Å². The number of nitrogens with one attached hydrogen (secondary N) is 1. The smallest absolute Gasteiger partial charge is 0.133 e. The van der Waals surface area contributed by atoms with Crippen LogP contribution in [-0.4, -0.2) is 15.1 Å². The first-order chi connectivity index (χ1) is 8.15. The number of pyridine rings is 2. The van der Waals surface area contributed by atoms with E-state index < -0.39 is 0 Å². The second kappa shape index (κ2) is 4.82. The highest BCUT2D eigenvalue weighted by Crippen LogP contribution is 2.14. The van der Waals surface area contributed by atoms with Crippen LogP contribution in [0.4, 0.5) is 5.69 Å². The Hall–Kier alpha value is -2.10. The molecule has 0 atom stereocenters. The molecule has 0 aliphatic rings. The highest BCUT2D eigenvalue weighted by molar-refractivity contribution is 5.47. The lowest BCUT2D eigenvalue weighted by Crippen LogP contribution is -2.03. The van der Waals surface area contributed by atoms with Crippen LogP contribution in [0.1, 0.15) is 17.1 Å². The molecule has 0 saturated heterocycles. The molecule has 88 valence electrons. The van der Waals surface area contributed by atoms with Crippen molar-refractivity contribution in [2.24, 2.45) is 0 Å². The third-order valence-electron chi connectivity index (χ3n) is 2.49. The predicted molar refractivity (Wildman–Crippen MR) is 66.9 cm³/mol. The highest BCUT2D eigenvalue weighted by atomic mass is 16.3. The van der Waals surface area contributed by atoms with Gasteiger partial charge in [0.2, 0.25) is 0 Å². The van der Waals surface area contributed by atoms with Crippen molar-refractivity contribution in [1.29, 1.82) is 0 Å². The fourth-order valence-corrected chi connectivity index (χ4v) is 1.58. The fourth-order valence-electron chi connectivity index (χ4n) is 1.58. The molecule has 2 N–H and O–H groups in total. The average molecular weight is 229 g/mol. The van der Waals surface area contributed by atoms with Crippen molar-refractivity contribution < 1.29 is 5.11 Å². The van der Waals surface area contributed by atoms with Gasteiger partial charge >= 0.3 is 0 Å². The van der Waals surface area contributed by atoms with Gasteiger partial charge in [0.15, 0.2) is 0 Å². The number of aryl methyl sites for hydroxylation is 2. The first kappa shape index (κ1) is 11.4. The van der Waals surface area contributed by atoms with E-state index in [1.807, 2.05) is 26.0 Å². The van der Waals surface area contributed by atoms with Gasteiger partial charge < -0.3 is 10.4 Å². The van der Waals surface area contributed by atoms with Crippen molar-refractivity contribution in [3.8, 4) is 5.75 Å². The molecular formula is C13H15N3O. The van der Waals surface area contributed by atoms with Gasteiger partial charge in [-0.15, -0.1) is 0 Å². The Morgan fingerprint density at radius 3 is 2.65 bits per heavy atom. The number of anilines is 1. The molecule has 0 saturated carbocycles. The van der Waals surface area contributed by atoms with Gasteiger partial charge in [-0.3, -0.25) is 9.97 Å². The molecule has 2 rings (SSSR count). The maximum atomic E-state index is 9.12. The summed E-state index contributed by atoms with van der Waals surface area (Å²) in [4.78, 5) is 8.48. The first-order valence-electron chi connectivity index (χ1n) is 5.47. The summed E-state index contributed by atoms with van der Waals surface area (Å²) < 4.78 is 0. The standard InChI is InChI=1S/C13H15N3O/c1-9-3-6-13(10(2)16-9)15-7-11-4-5-12(17)8-14-11/h3-6,8,15,17H,7H2,1-2H3. The van der Waals surface area contributed by atoms with Crippen molar-refractivity contribution in [2.45, 2.75) is 20.4 Å². The maximum absolute atomic E-state index is 9.12. The van der Waals surface area contributed by atoms with Gasteiger partial charge in [0, 0.05) is 5.69 Å². The van der Waals surface area contributed by atoms with E-state index >= 15 is 0 Å². The van der Waals surface area contributed by atoms with E-state index in [-0.39, 0.29) is 5.75 Å². The van der Waals surface area contributed by atoms with Gasteiger partial charge in [0.1, 0.15) is 5.75 Å². The monoisotopic (exact) mass is 229 g/mol. The molecule has 0 unspecified atom stereocenters. The SMILES string of the molecule is Cc1ccc(NCc2ccc(O)cn2)c(C)n1. The molecule has 0 bridgehead atoms. The van der Waals surface area contributed by atoms with Crippen LogP contribution in [0, 0.1) is 13.8 Å². The molecule has 0 aliphatic carbocycles. The number of aromatic hydroxyl groups is 1. The zero-order chi connectivity index (χ0) is 12.3. The van der Waals surface area contributed by atoms with Crippen LogP contribution in [0.3, 0.4) is 0 Å². The second-order valence-corrected chi connectivity index (χ2v) is 3.95. The summed E-state index contributed by atoms with van der Waals surface area (Å²) in [5.74, 6) is 0.182. The second-order valence-electron chi connectivity index (χ2n) is 3.95. The maximum Gasteiger partial charge on any atom is 0.133 e. The lowest BCUT2D eigenvalue weighted by molar-refractivity contribution is 0.472. The van der Waals surface area contributed by atoms with Crippen LogP contribution in [0.5, 0.6) is 5.75 Å². The third-order valence-corrected chi connectivity index (χ3v) is 2.49. The van der Waals surface area contributed by atoms with E-state index in [2.05, 4.69) is 15.3 Å². The number of aromatic nitrogens is 2. The van der Waals surface area contributed by atoms with Gasteiger partial charge in [-0.05, 0) is 38.1 Å². The van der Waals surface area contributed by atoms with Crippen molar-refractivity contribution in [1.82, 2.24) is 9.97 Å². The van der Waals surface area contributed by atoms with E-state index in [9.17, 15) is 0 Å². The summed E-state index contributed by atoms with van der Waals surface area (Å²) in [5.41, 5.74) is 3.87. The predicted octanol–water partition coefficient (Wildman–Crippen LogP) is 2.41. The van der Waals surface area contributed by atoms with Crippen LogP contribution in [0.25, 0.3) is 0 Å². The van der Waals surface area contributed by atoms with Crippen molar-refractivity contribution in [2.75, 3.05) is 5.32 Å². The Bertz CT molecular complexity index is 509. The first-order valence-corrected chi connectivity index (χ1v) is 5.47. The molecule has 0 amide bonds. The van der Waals surface area contributed by atoms with E-state index in [1.54, 1.807) is 12.1 Å². The van der Waals surface area contributed by atoms with Gasteiger partial charge in [0.05, 0.1) is 29.8 Å². The number of hydrogen-bond donors (Lipinski definition) is 2. The van der Waals surface area contributed by atoms with E-state index in [1.165, 1.54) is 6.20 Å². The third kappa shape index (κ3) is 2.93. The molecule has 0 aliphatic heterocycles. The largest absolute Gasteiger partial charge is 0.506 e. The summed E-state index contributed by atoms with van der Waals surface area (Å²) in [6, 6.07) is 7.40. The lowest BCUT2D eigenvalue weighted by Gasteiger charge is -2.09. The molecule has 0 fully saturated rings. The zero-order valence-corrected chi connectivity index (χ0v) is 9.94. The minimum atomic E-state index is 0.182. The molecule has 4 nitrogen and oxygen atoms in total. The molecule has 2 aromatic heterocycles. The Labute approximate surface area is 100 Å². The van der Waals surface area contributed by atoms with E-state index in [0.29, 0.717) is 6.54 Å². The molecule has 0 aromatic carbocycles. The Kier molecular flexibility index (Phi) is 3.23. The minimum Gasteiger partial charge on any atom is -0.506 e. The molecule has 2 heterocycles. The number of rotatable bonds is 3. The highest BCUT2D eigenvalue weighted by Gasteiger charge is 2.00. The Balaban J connectivity index is 2.04. The van der Waals surface area contributed by atoms with Gasteiger partial charge in [0.25, 0.3) is 0 Å². The molecule has 4 heteroatoms. The summed E-state index contributed by atoms with van der Waals surface area (Å²) >= 11 is 0. The van der Waals surface area contributed by atoms with Crippen LogP contribution < -0.4 is 5.32 Å². The summed E-state index contributed by atoms with van der Waals surface area (Å²) in [7, 11) is 0.